The van der Waals surface area contributed by atoms with Gasteiger partial charge >= 0.3 is 0 Å². The zero-order valence-corrected chi connectivity index (χ0v) is 19.7. The molecule has 1 saturated heterocycles. The fourth-order valence-corrected chi connectivity index (χ4v) is 3.58. The Hall–Kier alpha value is -1.02. The van der Waals surface area contributed by atoms with Crippen LogP contribution in [-0.2, 0) is 11.2 Å². The Morgan fingerprint density at radius 3 is 2.52 bits per heavy atom. The topological polar surface area (TPSA) is 54.9 Å². The van der Waals surface area contributed by atoms with Gasteiger partial charge < -0.3 is 20.1 Å². The van der Waals surface area contributed by atoms with Crippen LogP contribution in [-0.4, -0.2) is 45.9 Å². The molecule has 27 heavy (non-hydrogen) atoms. The molecule has 1 aromatic rings. The van der Waals surface area contributed by atoms with Gasteiger partial charge in [-0.1, -0.05) is 32.9 Å². The summed E-state index contributed by atoms with van der Waals surface area (Å²) in [6.45, 7) is 9.40. The molecular formula is C21H36IN3O2. The van der Waals surface area contributed by atoms with Gasteiger partial charge in [0.2, 0.25) is 0 Å². The highest BCUT2D eigenvalue weighted by Gasteiger charge is 2.35. The summed E-state index contributed by atoms with van der Waals surface area (Å²) in [5.41, 5.74) is 1.44. The van der Waals surface area contributed by atoms with Crippen molar-refractivity contribution < 1.29 is 9.47 Å². The number of ether oxygens (including phenoxy) is 2. The molecule has 1 aliphatic rings. The molecule has 154 valence electrons. The van der Waals surface area contributed by atoms with E-state index in [4.69, 9.17) is 9.47 Å². The first-order valence-corrected chi connectivity index (χ1v) is 9.63. The summed E-state index contributed by atoms with van der Waals surface area (Å²) in [4.78, 5) is 4.35. The third kappa shape index (κ3) is 7.86. The number of hydrogen-bond acceptors (Lipinski definition) is 3. The molecule has 0 aromatic heterocycles. The van der Waals surface area contributed by atoms with Gasteiger partial charge in [-0.3, -0.25) is 4.99 Å². The van der Waals surface area contributed by atoms with Gasteiger partial charge in [0.05, 0.1) is 13.2 Å². The monoisotopic (exact) mass is 489 g/mol. The molecule has 0 amide bonds. The largest absolute Gasteiger partial charge is 0.497 e. The van der Waals surface area contributed by atoms with Gasteiger partial charge in [-0.2, -0.15) is 0 Å². The second-order valence-electron chi connectivity index (χ2n) is 8.04. The molecule has 2 rings (SSSR count). The summed E-state index contributed by atoms with van der Waals surface area (Å²) in [6.07, 6.45) is 3.59. The van der Waals surface area contributed by atoms with Crippen LogP contribution in [0.25, 0.3) is 0 Å². The Morgan fingerprint density at radius 1 is 1.22 bits per heavy atom. The lowest BCUT2D eigenvalue weighted by Crippen LogP contribution is -2.47. The first-order valence-electron chi connectivity index (χ1n) is 9.63. The highest BCUT2D eigenvalue weighted by molar-refractivity contribution is 14.0. The number of nitrogens with zero attached hydrogens (tertiary/aromatic N) is 1. The van der Waals surface area contributed by atoms with Crippen LogP contribution in [0.1, 0.15) is 39.2 Å². The third-order valence-corrected chi connectivity index (χ3v) is 4.92. The summed E-state index contributed by atoms with van der Waals surface area (Å²) < 4.78 is 11.3. The van der Waals surface area contributed by atoms with Crippen LogP contribution in [0.2, 0.25) is 0 Å². The first-order chi connectivity index (χ1) is 12.4. The van der Waals surface area contributed by atoms with Crippen molar-refractivity contribution in [3.63, 3.8) is 0 Å². The van der Waals surface area contributed by atoms with E-state index in [0.29, 0.717) is 12.0 Å². The molecule has 1 fully saturated rings. The number of hydrogen-bond donors (Lipinski definition) is 2. The molecule has 0 saturated carbocycles. The van der Waals surface area contributed by atoms with E-state index in [1.807, 2.05) is 19.2 Å². The van der Waals surface area contributed by atoms with E-state index in [0.717, 1.165) is 44.2 Å². The minimum Gasteiger partial charge on any atom is -0.497 e. The summed E-state index contributed by atoms with van der Waals surface area (Å²) in [5.74, 6) is 2.27. The normalized spacial score (nSPS) is 20.6. The van der Waals surface area contributed by atoms with E-state index in [1.165, 1.54) is 12.0 Å². The summed E-state index contributed by atoms with van der Waals surface area (Å²) in [6, 6.07) is 8.20. The van der Waals surface area contributed by atoms with Gasteiger partial charge in [0.15, 0.2) is 5.96 Å². The molecule has 2 N–H and O–H groups in total. The Labute approximate surface area is 181 Å². The molecule has 0 spiro atoms. The van der Waals surface area contributed by atoms with Crippen molar-refractivity contribution in [2.24, 2.45) is 16.3 Å². The SMILES string of the molecule is CN=C(NCCc1ccc(OC)cc1)NCC1CCCOC1C(C)(C)C.I. The Kier molecular flexibility index (Phi) is 10.4. The minimum atomic E-state index is 0. The van der Waals surface area contributed by atoms with Gasteiger partial charge in [0.1, 0.15) is 5.75 Å². The van der Waals surface area contributed by atoms with E-state index >= 15 is 0 Å². The van der Waals surface area contributed by atoms with Crippen molar-refractivity contribution in [1.29, 1.82) is 0 Å². The number of halogens is 1. The predicted molar refractivity (Wildman–Crippen MR) is 123 cm³/mol. The molecule has 1 aliphatic heterocycles. The molecule has 2 atom stereocenters. The maximum atomic E-state index is 6.07. The molecule has 1 heterocycles. The lowest BCUT2D eigenvalue weighted by atomic mass is 9.78. The number of methoxy groups -OCH3 is 1. The van der Waals surface area contributed by atoms with Gasteiger partial charge in [0, 0.05) is 32.7 Å². The predicted octanol–water partition coefficient (Wildman–Crippen LogP) is 3.86. The van der Waals surface area contributed by atoms with E-state index in [-0.39, 0.29) is 29.4 Å². The molecule has 0 bridgehead atoms. The molecule has 1 aromatic carbocycles. The zero-order valence-electron chi connectivity index (χ0n) is 17.4. The fourth-order valence-electron chi connectivity index (χ4n) is 3.58. The van der Waals surface area contributed by atoms with Crippen molar-refractivity contribution in [3.8, 4) is 5.75 Å². The van der Waals surface area contributed by atoms with Crippen LogP contribution in [0.3, 0.4) is 0 Å². The molecule has 5 nitrogen and oxygen atoms in total. The highest BCUT2D eigenvalue weighted by atomic mass is 127. The quantitative estimate of drug-likeness (QED) is 0.362. The average Bonchev–Trinajstić information content (AvgIpc) is 2.64. The van der Waals surface area contributed by atoms with Gasteiger partial charge in [0.25, 0.3) is 0 Å². The van der Waals surface area contributed by atoms with Crippen LogP contribution in [0.5, 0.6) is 5.75 Å². The Balaban J connectivity index is 0.00000364. The molecular weight excluding hydrogens is 453 g/mol. The Morgan fingerprint density at radius 2 is 1.93 bits per heavy atom. The van der Waals surface area contributed by atoms with E-state index in [2.05, 4.69) is 48.5 Å². The smallest absolute Gasteiger partial charge is 0.190 e. The number of rotatable bonds is 6. The van der Waals surface area contributed by atoms with Crippen molar-refractivity contribution in [1.82, 2.24) is 10.6 Å². The van der Waals surface area contributed by atoms with Crippen LogP contribution < -0.4 is 15.4 Å². The van der Waals surface area contributed by atoms with E-state index in [1.54, 1.807) is 7.11 Å². The van der Waals surface area contributed by atoms with E-state index < -0.39 is 0 Å². The third-order valence-electron chi connectivity index (χ3n) is 4.92. The summed E-state index contributed by atoms with van der Waals surface area (Å²) >= 11 is 0. The zero-order chi connectivity index (χ0) is 19.0. The van der Waals surface area contributed by atoms with Crippen molar-refractivity contribution >= 4 is 29.9 Å². The minimum absolute atomic E-state index is 0. The van der Waals surface area contributed by atoms with Crippen molar-refractivity contribution in [2.45, 2.75) is 46.1 Å². The molecule has 0 radical (unpaired) electrons. The van der Waals surface area contributed by atoms with Gasteiger partial charge in [-0.15, -0.1) is 24.0 Å². The van der Waals surface area contributed by atoms with Crippen LogP contribution in [0.4, 0.5) is 0 Å². The van der Waals surface area contributed by atoms with E-state index in [9.17, 15) is 0 Å². The average molecular weight is 489 g/mol. The van der Waals surface area contributed by atoms with Crippen molar-refractivity contribution in [2.75, 3.05) is 33.9 Å². The van der Waals surface area contributed by atoms with Gasteiger partial charge in [-0.25, -0.2) is 0 Å². The first kappa shape index (κ1) is 24.0. The molecule has 0 aliphatic carbocycles. The lowest BCUT2D eigenvalue weighted by molar-refractivity contribution is -0.0835. The second-order valence-corrected chi connectivity index (χ2v) is 8.04. The Bertz CT molecular complexity index is 570. The van der Waals surface area contributed by atoms with Crippen LogP contribution in [0, 0.1) is 11.3 Å². The number of nitrogens with one attached hydrogen (secondary N) is 2. The summed E-state index contributed by atoms with van der Waals surface area (Å²) in [7, 11) is 3.51. The number of benzene rings is 1. The standard InChI is InChI=1S/C21H35N3O2.HI/c1-21(2,3)19-17(7-6-14-26-19)15-24-20(22-4)23-13-12-16-8-10-18(25-5)11-9-16;/h8-11,17,19H,6-7,12-15H2,1-5H3,(H2,22,23,24);1H. The van der Waals surface area contributed by atoms with Crippen LogP contribution in [0.15, 0.2) is 29.3 Å². The van der Waals surface area contributed by atoms with Crippen LogP contribution >= 0.6 is 24.0 Å². The second kappa shape index (κ2) is 11.7. The highest BCUT2D eigenvalue weighted by Crippen LogP contribution is 2.33. The van der Waals surface area contributed by atoms with Gasteiger partial charge in [-0.05, 0) is 42.4 Å². The molecule has 6 heteroatoms. The fraction of sp³-hybridized carbons (Fsp3) is 0.667. The molecule has 2 unspecified atom stereocenters. The number of aliphatic imine (C=N–C) groups is 1. The maximum absolute atomic E-state index is 6.07. The summed E-state index contributed by atoms with van der Waals surface area (Å²) in [5, 5.41) is 6.89. The lowest BCUT2D eigenvalue weighted by Gasteiger charge is -2.40. The maximum Gasteiger partial charge on any atom is 0.190 e. The number of guanidine groups is 1. The van der Waals surface area contributed by atoms with Crippen molar-refractivity contribution in [3.05, 3.63) is 29.8 Å².